The Morgan fingerprint density at radius 1 is 0.833 bits per heavy atom. The summed E-state index contributed by atoms with van der Waals surface area (Å²) in [7, 11) is 0. The minimum atomic E-state index is -1.24. The Morgan fingerprint density at radius 3 is 1.92 bits per heavy atom. The second-order valence-electron chi connectivity index (χ2n) is 5.98. The van der Waals surface area contributed by atoms with E-state index in [4.69, 9.17) is 0 Å². The Balaban J connectivity index is 1.62. The second-order valence-corrected chi connectivity index (χ2v) is 5.98. The highest BCUT2D eigenvalue weighted by Crippen LogP contribution is 2.18. The number of carboxylic acid groups (broad SMARTS) is 1. The van der Waals surface area contributed by atoms with Gasteiger partial charge in [-0.25, -0.2) is 0 Å². The summed E-state index contributed by atoms with van der Waals surface area (Å²) in [5.41, 5.74) is 2.98. The summed E-state index contributed by atoms with van der Waals surface area (Å²) in [5, 5.41) is 10.8. The molecule has 0 aliphatic carbocycles. The fourth-order valence-corrected chi connectivity index (χ4v) is 2.85. The lowest BCUT2D eigenvalue weighted by Gasteiger charge is -2.36. The van der Waals surface area contributed by atoms with Crippen LogP contribution >= 0.6 is 0 Å². The largest absolute Gasteiger partial charge is 0.545 e. The number of carbonyl (C=O) groups is 2. The molecule has 5 heteroatoms. The van der Waals surface area contributed by atoms with Crippen molar-refractivity contribution in [2.24, 2.45) is 0 Å². The normalized spacial score (nSPS) is 14.5. The van der Waals surface area contributed by atoms with Gasteiger partial charge in [-0.05, 0) is 36.8 Å². The molecular formula is C19H19N2O3-. The Labute approximate surface area is 141 Å². The van der Waals surface area contributed by atoms with Gasteiger partial charge in [0.05, 0.1) is 5.97 Å². The fraction of sp³-hybridized carbons (Fsp3) is 0.263. The lowest BCUT2D eigenvalue weighted by molar-refractivity contribution is -0.255. The van der Waals surface area contributed by atoms with Crippen LogP contribution in [0, 0.1) is 6.92 Å². The first-order chi connectivity index (χ1) is 11.5. The Bertz CT molecular complexity index is 730. The molecule has 1 aliphatic rings. The van der Waals surface area contributed by atoms with Crippen LogP contribution in [0.2, 0.25) is 0 Å². The van der Waals surface area contributed by atoms with Gasteiger partial charge < -0.3 is 19.7 Å². The number of aromatic carboxylic acids is 1. The molecule has 0 saturated carbocycles. The van der Waals surface area contributed by atoms with E-state index in [9.17, 15) is 14.7 Å². The van der Waals surface area contributed by atoms with E-state index >= 15 is 0 Å². The highest BCUT2D eigenvalue weighted by atomic mass is 16.4. The van der Waals surface area contributed by atoms with E-state index in [0.717, 1.165) is 13.1 Å². The molecule has 1 fully saturated rings. The molecular weight excluding hydrogens is 304 g/mol. The van der Waals surface area contributed by atoms with Crippen LogP contribution in [0.25, 0.3) is 0 Å². The third-order valence-corrected chi connectivity index (χ3v) is 4.33. The van der Waals surface area contributed by atoms with Crippen molar-refractivity contribution in [2.75, 3.05) is 31.1 Å². The van der Waals surface area contributed by atoms with Crippen LogP contribution in [0.4, 0.5) is 5.69 Å². The summed E-state index contributed by atoms with van der Waals surface area (Å²) >= 11 is 0. The van der Waals surface area contributed by atoms with E-state index in [1.54, 1.807) is 17.0 Å². The van der Waals surface area contributed by atoms with Gasteiger partial charge in [0.1, 0.15) is 0 Å². The zero-order chi connectivity index (χ0) is 17.1. The first-order valence-corrected chi connectivity index (χ1v) is 7.97. The second kappa shape index (κ2) is 6.74. The summed E-state index contributed by atoms with van der Waals surface area (Å²) in [4.78, 5) is 27.3. The molecule has 0 spiro atoms. The van der Waals surface area contributed by atoms with E-state index in [2.05, 4.69) is 36.1 Å². The van der Waals surface area contributed by atoms with Gasteiger partial charge in [-0.3, -0.25) is 4.79 Å². The maximum absolute atomic E-state index is 12.5. The van der Waals surface area contributed by atoms with Crippen molar-refractivity contribution >= 4 is 17.6 Å². The summed E-state index contributed by atoms with van der Waals surface area (Å²) in [6.07, 6.45) is 0. The minimum Gasteiger partial charge on any atom is -0.545 e. The van der Waals surface area contributed by atoms with Gasteiger partial charge in [-0.2, -0.15) is 0 Å². The van der Waals surface area contributed by atoms with Crippen LogP contribution in [-0.2, 0) is 0 Å². The molecule has 0 bridgehead atoms. The molecule has 1 heterocycles. The average molecular weight is 323 g/mol. The van der Waals surface area contributed by atoms with Gasteiger partial charge >= 0.3 is 0 Å². The van der Waals surface area contributed by atoms with Crippen LogP contribution in [0.15, 0.2) is 48.5 Å². The number of hydrogen-bond donors (Lipinski definition) is 0. The van der Waals surface area contributed by atoms with Gasteiger partial charge in [0.15, 0.2) is 0 Å². The molecule has 0 aromatic heterocycles. The summed E-state index contributed by atoms with van der Waals surface area (Å²) in [5.74, 6) is -1.30. The summed E-state index contributed by atoms with van der Waals surface area (Å²) in [6.45, 7) is 4.92. The number of piperazine rings is 1. The zero-order valence-corrected chi connectivity index (χ0v) is 13.6. The molecule has 2 aromatic rings. The van der Waals surface area contributed by atoms with Gasteiger partial charge in [0.25, 0.3) is 5.91 Å². The number of nitrogens with zero attached hydrogens (tertiary/aromatic N) is 2. The fourth-order valence-electron chi connectivity index (χ4n) is 2.85. The third-order valence-electron chi connectivity index (χ3n) is 4.33. The number of amides is 1. The van der Waals surface area contributed by atoms with Crippen molar-refractivity contribution in [3.05, 3.63) is 65.2 Å². The number of carboxylic acids is 1. The first-order valence-electron chi connectivity index (χ1n) is 7.97. The lowest BCUT2D eigenvalue weighted by Crippen LogP contribution is -2.48. The SMILES string of the molecule is Cc1ccc(N2CCN(C(=O)c3ccc(C(=O)[O-])cc3)CC2)cc1. The molecule has 124 valence electrons. The molecule has 3 rings (SSSR count). The summed E-state index contributed by atoms with van der Waals surface area (Å²) in [6, 6.07) is 14.3. The molecule has 0 N–H and O–H groups in total. The highest BCUT2D eigenvalue weighted by Gasteiger charge is 2.22. The molecule has 1 aliphatic heterocycles. The van der Waals surface area contributed by atoms with E-state index in [1.807, 2.05) is 0 Å². The number of benzene rings is 2. The Kier molecular flexibility index (Phi) is 4.51. The molecule has 0 atom stereocenters. The van der Waals surface area contributed by atoms with Crippen molar-refractivity contribution in [3.8, 4) is 0 Å². The number of anilines is 1. The van der Waals surface area contributed by atoms with Crippen LogP contribution < -0.4 is 10.0 Å². The van der Waals surface area contributed by atoms with Crippen molar-refractivity contribution in [1.29, 1.82) is 0 Å². The van der Waals surface area contributed by atoms with Crippen LogP contribution in [0.5, 0.6) is 0 Å². The predicted octanol–water partition coefficient (Wildman–Crippen LogP) is 1.32. The zero-order valence-electron chi connectivity index (χ0n) is 13.6. The topological polar surface area (TPSA) is 63.7 Å². The number of carbonyl (C=O) groups excluding carboxylic acids is 2. The average Bonchev–Trinajstić information content (AvgIpc) is 2.62. The van der Waals surface area contributed by atoms with E-state index in [-0.39, 0.29) is 11.5 Å². The highest BCUT2D eigenvalue weighted by molar-refractivity contribution is 5.95. The molecule has 5 nitrogen and oxygen atoms in total. The summed E-state index contributed by atoms with van der Waals surface area (Å²) < 4.78 is 0. The quantitative estimate of drug-likeness (QED) is 0.855. The maximum Gasteiger partial charge on any atom is 0.253 e. The smallest absolute Gasteiger partial charge is 0.253 e. The molecule has 2 aromatic carbocycles. The van der Waals surface area contributed by atoms with Crippen LogP contribution in [0.3, 0.4) is 0 Å². The number of hydrogen-bond acceptors (Lipinski definition) is 4. The third kappa shape index (κ3) is 3.40. The van der Waals surface area contributed by atoms with E-state index in [1.165, 1.54) is 23.4 Å². The first kappa shape index (κ1) is 16.1. The van der Waals surface area contributed by atoms with Crippen molar-refractivity contribution < 1.29 is 14.7 Å². The van der Waals surface area contributed by atoms with Crippen LogP contribution in [0.1, 0.15) is 26.3 Å². The minimum absolute atomic E-state index is 0.0662. The van der Waals surface area contributed by atoms with Crippen LogP contribution in [-0.4, -0.2) is 43.0 Å². The van der Waals surface area contributed by atoms with Crippen molar-refractivity contribution in [3.63, 3.8) is 0 Å². The molecule has 0 unspecified atom stereocenters. The molecule has 1 amide bonds. The van der Waals surface area contributed by atoms with E-state index < -0.39 is 5.97 Å². The van der Waals surface area contributed by atoms with Gasteiger partial charge in [0.2, 0.25) is 0 Å². The van der Waals surface area contributed by atoms with Crippen molar-refractivity contribution in [1.82, 2.24) is 4.90 Å². The number of aryl methyl sites for hydroxylation is 1. The van der Waals surface area contributed by atoms with Crippen molar-refractivity contribution in [2.45, 2.75) is 6.92 Å². The number of rotatable bonds is 3. The standard InChI is InChI=1S/C19H20N2O3/c1-14-2-8-17(9-3-14)20-10-12-21(13-11-20)18(22)15-4-6-16(7-5-15)19(23)24/h2-9H,10-13H2,1H3,(H,23,24)/p-1. The molecule has 24 heavy (non-hydrogen) atoms. The predicted molar refractivity (Wildman–Crippen MR) is 90.1 cm³/mol. The Morgan fingerprint density at radius 2 is 1.38 bits per heavy atom. The van der Waals surface area contributed by atoms with Gasteiger partial charge in [-0.15, -0.1) is 0 Å². The maximum atomic E-state index is 12.5. The lowest BCUT2D eigenvalue weighted by atomic mass is 10.1. The molecule has 1 saturated heterocycles. The van der Waals surface area contributed by atoms with Gasteiger partial charge in [0, 0.05) is 37.4 Å². The monoisotopic (exact) mass is 323 g/mol. The van der Waals surface area contributed by atoms with Gasteiger partial charge in [-0.1, -0.05) is 29.8 Å². The van der Waals surface area contributed by atoms with E-state index in [0.29, 0.717) is 18.7 Å². The Hall–Kier alpha value is -2.82. The molecule has 0 radical (unpaired) electrons.